The summed E-state index contributed by atoms with van der Waals surface area (Å²) in [6.45, 7) is 0. The maximum atomic E-state index is 12.6. The predicted molar refractivity (Wildman–Crippen MR) is 95.3 cm³/mol. The molecular formula is C21H23NO. The van der Waals surface area contributed by atoms with Crippen LogP contribution in [0, 0.1) is 5.92 Å². The van der Waals surface area contributed by atoms with Crippen molar-refractivity contribution < 1.29 is 4.79 Å². The van der Waals surface area contributed by atoms with Crippen molar-refractivity contribution in [2.45, 2.75) is 32.1 Å². The Balaban J connectivity index is 1.69. The first-order chi connectivity index (χ1) is 11.3. The molecule has 2 nitrogen and oxygen atoms in total. The Morgan fingerprint density at radius 3 is 2.43 bits per heavy atom. The summed E-state index contributed by atoms with van der Waals surface area (Å²) in [4.78, 5) is 12.6. The summed E-state index contributed by atoms with van der Waals surface area (Å²) in [5.41, 5.74) is 3.48. The number of hydrogen-bond donors (Lipinski definition) is 1. The monoisotopic (exact) mass is 305 g/mol. The molecule has 3 rings (SSSR count). The van der Waals surface area contributed by atoms with Crippen molar-refractivity contribution in [3.63, 3.8) is 0 Å². The molecular weight excluding hydrogens is 282 g/mol. The van der Waals surface area contributed by atoms with E-state index in [9.17, 15) is 4.79 Å². The Morgan fingerprint density at radius 1 is 1.00 bits per heavy atom. The van der Waals surface area contributed by atoms with E-state index in [1.807, 2.05) is 36.4 Å². The van der Waals surface area contributed by atoms with Crippen LogP contribution in [0.2, 0.25) is 0 Å². The van der Waals surface area contributed by atoms with Gasteiger partial charge in [-0.25, -0.2) is 0 Å². The lowest BCUT2D eigenvalue weighted by Gasteiger charge is -2.25. The molecule has 1 N–H and O–H groups in total. The molecule has 1 atom stereocenters. The largest absolute Gasteiger partial charge is 0.326 e. The molecule has 0 radical (unpaired) electrons. The average molecular weight is 305 g/mol. The molecule has 0 aliphatic heterocycles. The Labute approximate surface area is 138 Å². The zero-order valence-electron chi connectivity index (χ0n) is 13.4. The zero-order chi connectivity index (χ0) is 15.9. The van der Waals surface area contributed by atoms with Crippen LogP contribution < -0.4 is 5.32 Å². The molecule has 23 heavy (non-hydrogen) atoms. The van der Waals surface area contributed by atoms with Gasteiger partial charge in [-0.15, -0.1) is 0 Å². The summed E-state index contributed by atoms with van der Waals surface area (Å²) in [6, 6.07) is 20.2. The normalized spacial score (nSPS) is 19.5. The van der Waals surface area contributed by atoms with Gasteiger partial charge < -0.3 is 5.32 Å². The average Bonchev–Trinajstić information content (AvgIpc) is 2.62. The fourth-order valence-corrected chi connectivity index (χ4v) is 3.19. The van der Waals surface area contributed by atoms with Crippen molar-refractivity contribution in [2.24, 2.45) is 5.92 Å². The van der Waals surface area contributed by atoms with Crippen molar-refractivity contribution in [2.75, 3.05) is 5.32 Å². The van der Waals surface area contributed by atoms with E-state index in [1.165, 1.54) is 17.6 Å². The molecule has 2 aromatic carbocycles. The summed E-state index contributed by atoms with van der Waals surface area (Å²) in [5.74, 6) is 0.155. The molecule has 0 saturated heterocycles. The van der Waals surface area contributed by atoms with Gasteiger partial charge in [0.1, 0.15) is 0 Å². The summed E-state index contributed by atoms with van der Waals surface area (Å²) in [6.07, 6.45) is 7.50. The lowest BCUT2D eigenvalue weighted by atomic mass is 9.82. The Morgan fingerprint density at radius 2 is 1.70 bits per heavy atom. The molecule has 0 bridgehead atoms. The quantitative estimate of drug-likeness (QED) is 0.793. The van der Waals surface area contributed by atoms with E-state index in [4.69, 9.17) is 0 Å². The molecule has 1 aliphatic rings. The third-order valence-electron chi connectivity index (χ3n) is 4.46. The minimum absolute atomic E-state index is 0.0210. The van der Waals surface area contributed by atoms with Crippen LogP contribution in [0.5, 0.6) is 0 Å². The zero-order valence-corrected chi connectivity index (χ0v) is 13.4. The summed E-state index contributed by atoms with van der Waals surface area (Å²) < 4.78 is 0. The van der Waals surface area contributed by atoms with Crippen LogP contribution in [0.15, 0.2) is 72.3 Å². The highest BCUT2D eigenvalue weighted by molar-refractivity contribution is 5.94. The molecule has 2 heteroatoms. The Hall–Kier alpha value is -2.35. The fraction of sp³-hybridized carbons (Fsp3) is 0.286. The van der Waals surface area contributed by atoms with Crippen LogP contribution in [-0.4, -0.2) is 5.91 Å². The van der Waals surface area contributed by atoms with Gasteiger partial charge in [-0.05, 0) is 43.4 Å². The summed E-state index contributed by atoms with van der Waals surface area (Å²) >= 11 is 0. The molecule has 2 aromatic rings. The number of benzene rings is 2. The lowest BCUT2D eigenvalue weighted by molar-refractivity contribution is -0.119. The molecule has 118 valence electrons. The summed E-state index contributed by atoms with van der Waals surface area (Å²) in [7, 11) is 0. The first kappa shape index (κ1) is 15.5. The number of carbonyl (C=O) groups excluding carboxylic acids is 1. The van der Waals surface area contributed by atoms with Crippen molar-refractivity contribution in [1.82, 2.24) is 0 Å². The standard InChI is InChI=1S/C21H23NO/c23-21(22-19-12-5-2-6-13-19)20-14-8-7-11-18(20)16-15-17-9-3-1-4-10-17/h1-6,9-10,12-13,16,20H,7-8,11,14-15H2,(H,22,23)/b18-16+. The van der Waals surface area contributed by atoms with Crippen molar-refractivity contribution >= 4 is 11.6 Å². The van der Waals surface area contributed by atoms with E-state index < -0.39 is 0 Å². The van der Waals surface area contributed by atoms with Crippen LogP contribution in [-0.2, 0) is 11.2 Å². The van der Waals surface area contributed by atoms with E-state index in [2.05, 4.69) is 35.7 Å². The van der Waals surface area contributed by atoms with E-state index in [0.29, 0.717) is 0 Å². The van der Waals surface area contributed by atoms with Gasteiger partial charge in [0.15, 0.2) is 0 Å². The second kappa shape index (κ2) is 7.77. The predicted octanol–water partition coefficient (Wildman–Crippen LogP) is 4.98. The molecule has 1 aliphatic carbocycles. The number of para-hydroxylation sites is 1. The number of hydrogen-bond acceptors (Lipinski definition) is 1. The molecule has 0 aromatic heterocycles. The molecule has 1 amide bonds. The van der Waals surface area contributed by atoms with Gasteiger partial charge in [-0.2, -0.15) is 0 Å². The van der Waals surface area contributed by atoms with Crippen LogP contribution >= 0.6 is 0 Å². The highest BCUT2D eigenvalue weighted by atomic mass is 16.1. The SMILES string of the molecule is O=C(Nc1ccccc1)C1CCCC/C1=C\Cc1ccccc1. The maximum absolute atomic E-state index is 12.6. The number of allylic oxidation sites excluding steroid dienone is 1. The highest BCUT2D eigenvalue weighted by Crippen LogP contribution is 2.30. The molecule has 1 fully saturated rings. The third-order valence-corrected chi connectivity index (χ3v) is 4.46. The van der Waals surface area contributed by atoms with Crippen molar-refractivity contribution in [1.29, 1.82) is 0 Å². The number of anilines is 1. The van der Waals surface area contributed by atoms with Crippen LogP contribution in [0.1, 0.15) is 31.2 Å². The molecule has 1 saturated carbocycles. The topological polar surface area (TPSA) is 29.1 Å². The van der Waals surface area contributed by atoms with E-state index in [0.717, 1.165) is 31.4 Å². The summed E-state index contributed by atoms with van der Waals surface area (Å²) in [5, 5.41) is 3.06. The van der Waals surface area contributed by atoms with Crippen molar-refractivity contribution in [3.8, 4) is 0 Å². The van der Waals surface area contributed by atoms with Gasteiger partial charge in [0.05, 0.1) is 5.92 Å². The van der Waals surface area contributed by atoms with Gasteiger partial charge in [0.25, 0.3) is 0 Å². The van der Waals surface area contributed by atoms with Crippen LogP contribution in [0.4, 0.5) is 5.69 Å². The fourth-order valence-electron chi connectivity index (χ4n) is 3.19. The molecule has 0 heterocycles. The van der Waals surface area contributed by atoms with Crippen molar-refractivity contribution in [3.05, 3.63) is 77.9 Å². The van der Waals surface area contributed by atoms with Crippen LogP contribution in [0.25, 0.3) is 0 Å². The van der Waals surface area contributed by atoms with E-state index in [1.54, 1.807) is 0 Å². The molecule has 1 unspecified atom stereocenters. The number of amides is 1. The van der Waals surface area contributed by atoms with Gasteiger partial charge in [0, 0.05) is 5.69 Å². The Kier molecular flexibility index (Phi) is 5.25. The maximum Gasteiger partial charge on any atom is 0.231 e. The van der Waals surface area contributed by atoms with E-state index >= 15 is 0 Å². The number of nitrogens with one attached hydrogen (secondary N) is 1. The van der Waals surface area contributed by atoms with Crippen LogP contribution in [0.3, 0.4) is 0 Å². The minimum atomic E-state index is 0.0210. The smallest absolute Gasteiger partial charge is 0.231 e. The number of rotatable bonds is 4. The first-order valence-corrected chi connectivity index (χ1v) is 8.42. The van der Waals surface area contributed by atoms with Gasteiger partial charge in [-0.1, -0.05) is 66.6 Å². The van der Waals surface area contributed by atoms with E-state index in [-0.39, 0.29) is 11.8 Å². The first-order valence-electron chi connectivity index (χ1n) is 8.42. The second-order valence-corrected chi connectivity index (χ2v) is 6.12. The molecule has 0 spiro atoms. The minimum Gasteiger partial charge on any atom is -0.326 e. The highest BCUT2D eigenvalue weighted by Gasteiger charge is 2.25. The Bertz CT molecular complexity index is 661. The van der Waals surface area contributed by atoms with Gasteiger partial charge in [0.2, 0.25) is 5.91 Å². The van der Waals surface area contributed by atoms with Gasteiger partial charge in [-0.3, -0.25) is 4.79 Å². The second-order valence-electron chi connectivity index (χ2n) is 6.12. The third kappa shape index (κ3) is 4.32. The lowest BCUT2D eigenvalue weighted by Crippen LogP contribution is -2.26. The van der Waals surface area contributed by atoms with Gasteiger partial charge >= 0.3 is 0 Å². The number of carbonyl (C=O) groups is 1.